The first-order valence-corrected chi connectivity index (χ1v) is 11.0. The molecule has 0 fully saturated rings. The fourth-order valence-electron chi connectivity index (χ4n) is 2.60. The molecule has 0 spiro atoms. The van der Waals surface area contributed by atoms with Gasteiger partial charge >= 0.3 is 0 Å². The topological polar surface area (TPSA) is 125 Å². The van der Waals surface area contributed by atoms with Gasteiger partial charge in [-0.3, -0.25) is 14.8 Å². The third kappa shape index (κ3) is 7.35. The van der Waals surface area contributed by atoms with Crippen LogP contribution >= 0.6 is 0 Å². The van der Waals surface area contributed by atoms with Gasteiger partial charge in [-0.25, -0.2) is 13.9 Å². The highest BCUT2D eigenvalue weighted by atomic mass is 32.2. The van der Waals surface area contributed by atoms with Crippen LogP contribution in [0.2, 0.25) is 0 Å². The molecule has 0 heterocycles. The van der Waals surface area contributed by atoms with Crippen LogP contribution in [0.15, 0.2) is 65.3 Å². The molecule has 1 unspecified atom stereocenters. The number of nitrogens with one attached hydrogen (secondary N) is 2. The number of carbonyl (C=O) groups excluding carboxylic acids is 2. The quantitative estimate of drug-likeness (QED) is 0.155. The zero-order valence-corrected chi connectivity index (χ0v) is 18.9. The molecule has 3 N–H and O–H groups in total. The smallest absolute Gasteiger partial charge is 0.276 e. The van der Waals surface area contributed by atoms with E-state index in [1.54, 1.807) is 26.0 Å². The van der Waals surface area contributed by atoms with E-state index in [9.17, 15) is 18.0 Å². The molecule has 2 amide bonds. The molecular formula is C21H29N3O6S. The number of likely N-dealkylation sites (N-methyl/N-ethyl adjacent to an activating group) is 1. The molecular weight excluding hydrogens is 422 g/mol. The molecule has 0 radical (unpaired) electrons. The van der Waals surface area contributed by atoms with Crippen LogP contribution in [-0.2, 0) is 19.6 Å². The molecule has 0 aliphatic rings. The average Bonchev–Trinajstić information content (AvgIpc) is 2.75. The van der Waals surface area contributed by atoms with E-state index in [1.807, 2.05) is 6.92 Å². The first kappa shape index (κ1) is 26.1. The van der Waals surface area contributed by atoms with Crippen molar-refractivity contribution < 1.29 is 28.0 Å². The monoisotopic (exact) mass is 451 g/mol. The lowest BCUT2D eigenvalue weighted by Gasteiger charge is -2.23. The van der Waals surface area contributed by atoms with E-state index >= 15 is 0 Å². The summed E-state index contributed by atoms with van der Waals surface area (Å²) in [6, 6.07) is 5.00. The maximum atomic E-state index is 12.9. The summed E-state index contributed by atoms with van der Waals surface area (Å²) in [6.07, 6.45) is 4.73. The van der Waals surface area contributed by atoms with Gasteiger partial charge in [-0.1, -0.05) is 24.8 Å². The Morgan fingerprint density at radius 2 is 1.94 bits per heavy atom. The number of hydroxylamine groups is 1. The Morgan fingerprint density at radius 3 is 2.52 bits per heavy atom. The van der Waals surface area contributed by atoms with Crippen molar-refractivity contribution in [2.24, 2.45) is 0 Å². The highest BCUT2D eigenvalue weighted by Crippen LogP contribution is 2.19. The zero-order chi connectivity index (χ0) is 23.6. The highest BCUT2D eigenvalue weighted by Gasteiger charge is 2.27. The minimum Gasteiger partial charge on any atom is -0.494 e. The van der Waals surface area contributed by atoms with E-state index < -0.39 is 22.0 Å². The average molecular weight is 452 g/mol. The number of ether oxygens (including phenoxy) is 1. The molecule has 0 aromatic heterocycles. The molecule has 1 rings (SSSR count). The molecule has 0 saturated heterocycles. The fourth-order valence-corrected chi connectivity index (χ4v) is 4.04. The normalized spacial score (nSPS) is 13.5. The van der Waals surface area contributed by atoms with Gasteiger partial charge in [-0.2, -0.15) is 4.31 Å². The molecule has 1 atom stereocenters. The zero-order valence-electron chi connectivity index (χ0n) is 18.1. The maximum absolute atomic E-state index is 12.9. The number of hydrogen-bond acceptors (Lipinski definition) is 6. The summed E-state index contributed by atoms with van der Waals surface area (Å²) < 4.78 is 32.2. The van der Waals surface area contributed by atoms with E-state index in [4.69, 9.17) is 9.94 Å². The number of allylic oxidation sites excluding steroid dienone is 3. The standard InChI is InChI=1S/C21H29N3O6S/c1-6-17(30-7-2)13-12-15(3)20(25)22-16(4)14-24(5)31(28,29)19-11-9-8-10-18(19)21(26)23-27/h6,8-13,16,27H,1,7,14H2,2-5H3,(H,22,25)(H,23,26)/b15-12+,17-13+. The molecule has 9 nitrogen and oxygen atoms in total. The number of carbonyl (C=O) groups is 2. The van der Waals surface area contributed by atoms with Crippen molar-refractivity contribution in [1.82, 2.24) is 15.1 Å². The Hall–Kier alpha value is -2.95. The van der Waals surface area contributed by atoms with Gasteiger partial charge in [0.05, 0.1) is 17.1 Å². The second-order valence-corrected chi connectivity index (χ2v) is 8.67. The first-order chi connectivity index (χ1) is 14.6. The minimum atomic E-state index is -4.05. The van der Waals surface area contributed by atoms with Crippen LogP contribution in [0.25, 0.3) is 0 Å². The lowest BCUT2D eigenvalue weighted by Crippen LogP contribution is -2.43. The molecule has 0 aliphatic carbocycles. The predicted octanol–water partition coefficient (Wildman–Crippen LogP) is 1.98. The lowest BCUT2D eigenvalue weighted by molar-refractivity contribution is -0.118. The van der Waals surface area contributed by atoms with Crippen LogP contribution in [0, 0.1) is 0 Å². The van der Waals surface area contributed by atoms with Crippen molar-refractivity contribution in [2.75, 3.05) is 20.2 Å². The molecule has 10 heteroatoms. The molecule has 1 aromatic carbocycles. The van der Waals surface area contributed by atoms with Crippen molar-refractivity contribution in [1.29, 1.82) is 0 Å². The number of amides is 2. The SMILES string of the molecule is C=C/C(=C\C=C(/C)C(=O)NC(C)CN(C)S(=O)(=O)c1ccccc1C(=O)NO)OCC. The fraction of sp³-hybridized carbons (Fsp3) is 0.333. The van der Waals surface area contributed by atoms with Gasteiger partial charge in [0.25, 0.3) is 5.91 Å². The Kier molecular flexibility index (Phi) is 10.1. The van der Waals surface area contributed by atoms with Gasteiger partial charge in [0, 0.05) is 25.2 Å². The second kappa shape index (κ2) is 12.0. The third-order valence-corrected chi connectivity index (χ3v) is 6.08. The van der Waals surface area contributed by atoms with Gasteiger partial charge in [-0.05, 0) is 45.1 Å². The van der Waals surface area contributed by atoms with Crippen molar-refractivity contribution in [3.8, 4) is 0 Å². The second-order valence-electron chi connectivity index (χ2n) is 6.65. The Morgan fingerprint density at radius 1 is 1.29 bits per heavy atom. The molecule has 170 valence electrons. The summed E-state index contributed by atoms with van der Waals surface area (Å²) in [4.78, 5) is 23.9. The van der Waals surface area contributed by atoms with Gasteiger partial charge in [0.1, 0.15) is 5.76 Å². The minimum absolute atomic E-state index is 0.0386. The van der Waals surface area contributed by atoms with Crippen molar-refractivity contribution >= 4 is 21.8 Å². The molecule has 31 heavy (non-hydrogen) atoms. The Labute approximate surface area is 183 Å². The molecule has 0 saturated carbocycles. The maximum Gasteiger partial charge on any atom is 0.276 e. The Bertz CT molecular complexity index is 969. The van der Waals surface area contributed by atoms with Crippen molar-refractivity contribution in [3.63, 3.8) is 0 Å². The van der Waals surface area contributed by atoms with Gasteiger partial charge in [0.15, 0.2) is 0 Å². The first-order valence-electron chi connectivity index (χ1n) is 9.52. The summed E-state index contributed by atoms with van der Waals surface area (Å²) in [5, 5.41) is 11.6. The van der Waals surface area contributed by atoms with Crippen LogP contribution in [0.3, 0.4) is 0 Å². The summed E-state index contributed by atoms with van der Waals surface area (Å²) in [5.41, 5.74) is 1.65. The molecule has 0 aliphatic heterocycles. The highest BCUT2D eigenvalue weighted by molar-refractivity contribution is 7.89. The van der Waals surface area contributed by atoms with Crippen molar-refractivity contribution in [3.05, 3.63) is 66.0 Å². The van der Waals surface area contributed by atoms with Crippen LogP contribution in [-0.4, -0.2) is 56.0 Å². The van der Waals surface area contributed by atoms with E-state index in [2.05, 4.69) is 11.9 Å². The predicted molar refractivity (Wildman–Crippen MR) is 117 cm³/mol. The lowest BCUT2D eigenvalue weighted by atomic mass is 10.2. The van der Waals surface area contributed by atoms with Crippen LogP contribution in [0.5, 0.6) is 0 Å². The van der Waals surface area contributed by atoms with Crippen LogP contribution < -0.4 is 10.8 Å². The number of hydrogen-bond donors (Lipinski definition) is 3. The van der Waals surface area contributed by atoms with Crippen LogP contribution in [0.4, 0.5) is 0 Å². The number of sulfonamides is 1. The summed E-state index contributed by atoms with van der Waals surface area (Å²) >= 11 is 0. The van der Waals surface area contributed by atoms with E-state index in [1.165, 1.54) is 42.9 Å². The van der Waals surface area contributed by atoms with Gasteiger partial charge in [-0.15, -0.1) is 0 Å². The van der Waals surface area contributed by atoms with E-state index in [0.717, 1.165) is 4.31 Å². The largest absolute Gasteiger partial charge is 0.494 e. The number of nitrogens with zero attached hydrogens (tertiary/aromatic N) is 1. The molecule has 0 bridgehead atoms. The summed E-state index contributed by atoms with van der Waals surface area (Å²) in [7, 11) is -2.71. The summed E-state index contributed by atoms with van der Waals surface area (Å²) in [6.45, 7) is 9.18. The van der Waals surface area contributed by atoms with Gasteiger partial charge in [0.2, 0.25) is 15.9 Å². The third-order valence-electron chi connectivity index (χ3n) is 4.20. The van der Waals surface area contributed by atoms with Crippen LogP contribution in [0.1, 0.15) is 31.1 Å². The van der Waals surface area contributed by atoms with Crippen molar-refractivity contribution in [2.45, 2.75) is 31.7 Å². The number of benzene rings is 1. The van der Waals surface area contributed by atoms with E-state index in [0.29, 0.717) is 17.9 Å². The summed E-state index contributed by atoms with van der Waals surface area (Å²) in [5.74, 6) is -0.776. The Balaban J connectivity index is 2.90. The van der Waals surface area contributed by atoms with E-state index in [-0.39, 0.29) is 22.9 Å². The number of rotatable bonds is 11. The molecule has 1 aromatic rings. The van der Waals surface area contributed by atoms with Gasteiger partial charge < -0.3 is 10.1 Å².